The van der Waals surface area contributed by atoms with E-state index in [1.807, 2.05) is 0 Å². The van der Waals surface area contributed by atoms with E-state index in [0.717, 1.165) is 57.1 Å². The molecule has 2 saturated heterocycles. The number of carbonyl (C=O) groups excluding carboxylic acids is 1. The number of allylic oxidation sites excluding steroid dienone is 1. The molecule has 2 unspecified atom stereocenters. The number of piperidine rings is 1. The largest absolute Gasteiger partial charge is 0.390 e. The lowest BCUT2D eigenvalue weighted by Crippen LogP contribution is -2.95. The van der Waals surface area contributed by atoms with Crippen molar-refractivity contribution in [3.8, 4) is 0 Å². The van der Waals surface area contributed by atoms with Crippen LogP contribution in [0.25, 0.3) is 0 Å². The first kappa shape index (κ1) is 36.9. The van der Waals surface area contributed by atoms with Crippen LogP contribution >= 0.6 is 0 Å². The van der Waals surface area contributed by atoms with Gasteiger partial charge in [0.2, 0.25) is 0 Å². The van der Waals surface area contributed by atoms with Crippen LogP contribution in [-0.2, 0) is 9.53 Å². The minimum atomic E-state index is -1.50. The first-order valence-corrected chi connectivity index (χ1v) is 19.5. The van der Waals surface area contributed by atoms with Crippen LogP contribution in [0.15, 0.2) is 11.6 Å². The third-order valence-electron chi connectivity index (χ3n) is 15.3. The lowest BCUT2D eigenvalue weighted by Gasteiger charge is -2.62. The Balaban J connectivity index is 1.25. The molecule has 9 nitrogen and oxygen atoms in total. The van der Waals surface area contributed by atoms with Gasteiger partial charge in [-0.3, -0.25) is 10.5 Å². The second-order valence-electron chi connectivity index (χ2n) is 18.4. The van der Waals surface area contributed by atoms with Gasteiger partial charge in [0.15, 0.2) is 5.78 Å². The zero-order chi connectivity index (χ0) is 34.8. The van der Waals surface area contributed by atoms with Gasteiger partial charge < -0.3 is 35.6 Å². The van der Waals surface area contributed by atoms with Crippen LogP contribution in [0.5, 0.6) is 0 Å². The van der Waals surface area contributed by atoms with Crippen LogP contribution in [-0.4, -0.2) is 86.3 Å². The molecule has 4 aliphatic carbocycles. The van der Waals surface area contributed by atoms with Crippen molar-refractivity contribution >= 4 is 5.78 Å². The molecule has 5 fully saturated rings. The van der Waals surface area contributed by atoms with Crippen molar-refractivity contribution in [3.05, 3.63) is 11.6 Å². The lowest BCUT2D eigenvalue weighted by atomic mass is 9.44. The van der Waals surface area contributed by atoms with Crippen LogP contribution in [0.2, 0.25) is 0 Å². The van der Waals surface area contributed by atoms with Crippen molar-refractivity contribution in [1.82, 2.24) is 0 Å². The number of carbonyl (C=O) groups is 1. The van der Waals surface area contributed by atoms with Gasteiger partial charge in [0, 0.05) is 23.7 Å². The maximum atomic E-state index is 14.1. The van der Waals surface area contributed by atoms with Crippen molar-refractivity contribution in [2.45, 2.75) is 160 Å². The van der Waals surface area contributed by atoms with Gasteiger partial charge in [0.05, 0.1) is 42.7 Å². The fourth-order valence-electron chi connectivity index (χ4n) is 12.2. The third-order valence-corrected chi connectivity index (χ3v) is 15.3. The molecule has 9 heteroatoms. The summed E-state index contributed by atoms with van der Waals surface area (Å²) in [7, 11) is 0. The molecule has 2 heterocycles. The number of hydrogen-bond acceptors (Lipinski definition) is 8. The summed E-state index contributed by atoms with van der Waals surface area (Å²) < 4.78 is 6.23. The predicted octanol–water partition coefficient (Wildman–Crippen LogP) is 2.80. The van der Waals surface area contributed by atoms with E-state index in [9.17, 15) is 30.3 Å². The van der Waals surface area contributed by atoms with Crippen LogP contribution in [0, 0.1) is 52.3 Å². The molecule has 0 radical (unpaired) electrons. The smallest absolute Gasteiger partial charge is 0.159 e. The molecule has 6 aliphatic rings. The maximum Gasteiger partial charge on any atom is 0.159 e. The van der Waals surface area contributed by atoms with Gasteiger partial charge in [-0.05, 0) is 118 Å². The van der Waals surface area contributed by atoms with Gasteiger partial charge in [0.1, 0.15) is 12.3 Å². The molecular weight excluding hydrogens is 608 g/mol. The number of aliphatic hydroxyl groups is 5. The fourth-order valence-corrected chi connectivity index (χ4v) is 12.2. The number of ketones is 1. The van der Waals surface area contributed by atoms with E-state index in [0.29, 0.717) is 50.0 Å². The standard InChI is InChI=1S/C39H66N2O7/c1-22(2)7-6-8-25-21-48-34(23(25)3)35(45)37(5,46)32-13-16-39(47)27-17-29(42)28-18-30(43)31(44)19-38(28,26(27)12-14-36(32,39)4)15-11-24-9-10-33(40)41-20-24/h17,22-26,28,30-35,41,43-47H,6-16,18-21,40H2,1-5H3/p+1/t23-,24?,25-,26-,28-,30-,31+,32-,33?,34-,35-,36-,37-,38-,39+/m1/s1. The Labute approximate surface area is 288 Å². The Kier molecular flexibility index (Phi) is 10.4. The van der Waals surface area contributed by atoms with Crippen molar-refractivity contribution in [2.24, 2.45) is 58.0 Å². The van der Waals surface area contributed by atoms with Gasteiger partial charge in [-0.25, -0.2) is 0 Å². The van der Waals surface area contributed by atoms with E-state index < -0.39 is 52.4 Å². The molecule has 274 valence electrons. The highest BCUT2D eigenvalue weighted by atomic mass is 16.5. The van der Waals surface area contributed by atoms with Gasteiger partial charge in [-0.1, -0.05) is 40.5 Å². The molecule has 6 rings (SSSR count). The normalized spacial score (nSPS) is 48.0. The van der Waals surface area contributed by atoms with Crippen LogP contribution in [0.3, 0.4) is 0 Å². The Bertz CT molecular complexity index is 1200. The number of nitrogens with two attached hydrogens (primary N) is 2. The summed E-state index contributed by atoms with van der Waals surface area (Å²) in [4.78, 5) is 14.1. The summed E-state index contributed by atoms with van der Waals surface area (Å²) in [6, 6.07) is 0. The number of quaternary nitrogens is 1. The highest BCUT2D eigenvalue weighted by molar-refractivity contribution is 5.95. The topological polar surface area (TPSA) is 170 Å². The molecule has 0 aromatic carbocycles. The molecule has 0 bridgehead atoms. The van der Waals surface area contributed by atoms with E-state index in [-0.39, 0.29) is 36.1 Å². The van der Waals surface area contributed by atoms with Crippen molar-refractivity contribution in [1.29, 1.82) is 0 Å². The van der Waals surface area contributed by atoms with Crippen molar-refractivity contribution in [2.75, 3.05) is 13.2 Å². The molecule has 0 aromatic rings. The SMILES string of the molecule is CC(C)CCC[C@@H]1CO[C@@H]([C@@H](O)[C@](C)(O)[C@@H]2CC[C@]3(O)C4=CC(=O)[C@H]5C[C@@H](O)[C@@H](O)C[C@]5(CCC5CCC(N)[NH2+]C5)[C@@H]4CC[C@]23C)[C@@H]1C. The maximum absolute atomic E-state index is 14.1. The predicted molar refractivity (Wildman–Crippen MR) is 183 cm³/mol. The molecule has 2 aliphatic heterocycles. The molecule has 3 saturated carbocycles. The first-order valence-electron chi connectivity index (χ1n) is 19.5. The van der Waals surface area contributed by atoms with E-state index in [2.05, 4.69) is 33.0 Å². The molecular formula is C39H67N2O7+. The zero-order valence-electron chi connectivity index (χ0n) is 30.3. The molecule has 0 amide bonds. The first-order chi connectivity index (χ1) is 22.5. The number of hydrogen-bond donors (Lipinski definition) is 7. The Hall–Kier alpha value is -0.910. The molecule has 48 heavy (non-hydrogen) atoms. The highest BCUT2D eigenvalue weighted by Gasteiger charge is 2.70. The highest BCUT2D eigenvalue weighted by Crippen LogP contribution is 2.69. The van der Waals surface area contributed by atoms with E-state index in [1.165, 1.54) is 6.42 Å². The molecule has 9 N–H and O–H groups in total. The van der Waals surface area contributed by atoms with Crippen LogP contribution in [0.4, 0.5) is 0 Å². The lowest BCUT2D eigenvalue weighted by molar-refractivity contribution is -0.703. The minimum Gasteiger partial charge on any atom is -0.390 e. The van der Waals surface area contributed by atoms with Gasteiger partial charge in [-0.2, -0.15) is 0 Å². The molecule has 15 atom stereocenters. The van der Waals surface area contributed by atoms with Gasteiger partial charge in [0.25, 0.3) is 0 Å². The number of rotatable bonds is 10. The van der Waals surface area contributed by atoms with E-state index in [4.69, 9.17) is 10.5 Å². The fraction of sp³-hybridized carbons (Fsp3) is 0.923. The number of aliphatic hydroxyl groups excluding tert-OH is 3. The summed E-state index contributed by atoms with van der Waals surface area (Å²) in [5, 5.41) is 61.2. The zero-order valence-corrected chi connectivity index (χ0v) is 30.3. The van der Waals surface area contributed by atoms with Crippen LogP contribution < -0.4 is 11.1 Å². The summed E-state index contributed by atoms with van der Waals surface area (Å²) in [5.74, 6) is 0.678. The summed E-state index contributed by atoms with van der Waals surface area (Å²) >= 11 is 0. The Morgan fingerprint density at radius 2 is 1.85 bits per heavy atom. The number of fused-ring (bicyclic) bond motifs is 5. The average molecular weight is 676 g/mol. The Morgan fingerprint density at radius 3 is 2.54 bits per heavy atom. The minimum absolute atomic E-state index is 0.0472. The Morgan fingerprint density at radius 1 is 1.10 bits per heavy atom. The van der Waals surface area contributed by atoms with Gasteiger partial charge in [-0.15, -0.1) is 0 Å². The molecule has 0 spiro atoms. The summed E-state index contributed by atoms with van der Waals surface area (Å²) in [6.07, 6.45) is 8.40. The monoisotopic (exact) mass is 675 g/mol. The van der Waals surface area contributed by atoms with E-state index >= 15 is 0 Å². The summed E-state index contributed by atoms with van der Waals surface area (Å²) in [5.41, 5.74) is 2.82. The van der Waals surface area contributed by atoms with Crippen molar-refractivity contribution < 1.29 is 40.4 Å². The average Bonchev–Trinajstić information content (AvgIpc) is 3.54. The third kappa shape index (κ3) is 6.08. The second-order valence-corrected chi connectivity index (χ2v) is 18.4. The van der Waals surface area contributed by atoms with Crippen molar-refractivity contribution in [3.63, 3.8) is 0 Å². The van der Waals surface area contributed by atoms with Gasteiger partial charge >= 0.3 is 0 Å². The number of ether oxygens (including phenoxy) is 1. The summed E-state index contributed by atoms with van der Waals surface area (Å²) in [6.45, 7) is 12.0. The van der Waals surface area contributed by atoms with E-state index in [1.54, 1.807) is 13.0 Å². The van der Waals surface area contributed by atoms with Crippen LogP contribution in [0.1, 0.15) is 118 Å². The second kappa shape index (κ2) is 13.6. The molecule has 0 aromatic heterocycles. The quantitative estimate of drug-likeness (QED) is 0.185.